The Morgan fingerprint density at radius 3 is 2.62 bits per heavy atom. The third-order valence-corrected chi connectivity index (χ3v) is 1.33. The first-order chi connectivity index (χ1) is 6.07. The molecule has 1 unspecified atom stereocenters. The maximum Gasteiger partial charge on any atom is 0.421 e. The van der Waals surface area contributed by atoms with Crippen molar-refractivity contribution in [2.24, 2.45) is 11.6 Å². The summed E-state index contributed by atoms with van der Waals surface area (Å²) in [6.07, 6.45) is -0.0995. The highest BCUT2D eigenvalue weighted by molar-refractivity contribution is 5.72. The summed E-state index contributed by atoms with van der Waals surface area (Å²) in [5.41, 5.74) is 6.95. The van der Waals surface area contributed by atoms with Crippen molar-refractivity contribution in [3.8, 4) is 0 Å². The van der Waals surface area contributed by atoms with E-state index in [1.54, 1.807) is 5.43 Å². The Kier molecular flexibility index (Phi) is 5.57. The van der Waals surface area contributed by atoms with E-state index in [1.165, 1.54) is 0 Å². The molecule has 0 spiro atoms. The molecule has 6 N–H and O–H groups in total. The van der Waals surface area contributed by atoms with Gasteiger partial charge in [-0.2, -0.15) is 0 Å². The van der Waals surface area contributed by atoms with Crippen LogP contribution in [-0.2, 0) is 9.53 Å². The zero-order chi connectivity index (χ0) is 10.3. The molecule has 1 amide bonds. The normalized spacial score (nSPS) is 11.8. The van der Waals surface area contributed by atoms with E-state index in [9.17, 15) is 9.59 Å². The molecular formula is C6H13N3O4. The van der Waals surface area contributed by atoms with Gasteiger partial charge in [-0.3, -0.25) is 10.2 Å². The summed E-state index contributed by atoms with van der Waals surface area (Å²) >= 11 is 0. The average Bonchev–Trinajstić information content (AvgIpc) is 2.11. The lowest BCUT2D eigenvalue weighted by atomic mass is 10.2. The average molecular weight is 191 g/mol. The maximum atomic E-state index is 10.4. The Labute approximate surface area is 75.0 Å². The lowest BCUT2D eigenvalue weighted by molar-refractivity contribution is -0.138. The van der Waals surface area contributed by atoms with Gasteiger partial charge >= 0.3 is 12.1 Å². The van der Waals surface area contributed by atoms with Crippen LogP contribution in [0.5, 0.6) is 0 Å². The SMILES string of the molecule is NNC(=O)OCCCC(N)C(=O)O. The molecule has 0 aromatic heterocycles. The highest BCUT2D eigenvalue weighted by Crippen LogP contribution is 1.95. The second kappa shape index (κ2) is 6.21. The fourth-order valence-electron chi connectivity index (χ4n) is 0.633. The van der Waals surface area contributed by atoms with E-state index in [4.69, 9.17) is 16.7 Å². The van der Waals surface area contributed by atoms with Gasteiger partial charge in [0.25, 0.3) is 0 Å². The third-order valence-electron chi connectivity index (χ3n) is 1.33. The second-order valence-corrected chi connectivity index (χ2v) is 2.37. The van der Waals surface area contributed by atoms with Crippen molar-refractivity contribution in [2.45, 2.75) is 18.9 Å². The monoisotopic (exact) mass is 191 g/mol. The van der Waals surface area contributed by atoms with Crippen molar-refractivity contribution >= 4 is 12.1 Å². The van der Waals surface area contributed by atoms with Crippen LogP contribution in [0.25, 0.3) is 0 Å². The van der Waals surface area contributed by atoms with E-state index < -0.39 is 18.1 Å². The van der Waals surface area contributed by atoms with Crippen LogP contribution in [-0.4, -0.2) is 29.8 Å². The molecule has 7 heteroatoms. The number of rotatable bonds is 5. The quantitative estimate of drug-likeness (QED) is 0.186. The van der Waals surface area contributed by atoms with Gasteiger partial charge < -0.3 is 15.6 Å². The number of amides is 1. The standard InChI is InChI=1S/C6H13N3O4/c7-4(5(10)11)2-1-3-13-6(12)9-8/h4H,1-3,7-8H2,(H,9,12)(H,10,11). The molecule has 76 valence electrons. The lowest BCUT2D eigenvalue weighted by Crippen LogP contribution is -2.32. The van der Waals surface area contributed by atoms with Crippen molar-refractivity contribution < 1.29 is 19.4 Å². The van der Waals surface area contributed by atoms with E-state index in [1.807, 2.05) is 0 Å². The van der Waals surface area contributed by atoms with Crippen molar-refractivity contribution in [3.63, 3.8) is 0 Å². The van der Waals surface area contributed by atoms with Crippen molar-refractivity contribution in [3.05, 3.63) is 0 Å². The molecule has 13 heavy (non-hydrogen) atoms. The van der Waals surface area contributed by atoms with Gasteiger partial charge in [0.05, 0.1) is 6.61 Å². The Morgan fingerprint density at radius 1 is 1.54 bits per heavy atom. The van der Waals surface area contributed by atoms with Gasteiger partial charge in [-0.25, -0.2) is 10.6 Å². The minimum absolute atomic E-state index is 0.101. The van der Waals surface area contributed by atoms with Crippen LogP contribution in [0.2, 0.25) is 0 Å². The second-order valence-electron chi connectivity index (χ2n) is 2.37. The number of carbonyl (C=O) groups excluding carboxylic acids is 1. The molecule has 0 saturated heterocycles. The van der Waals surface area contributed by atoms with Crippen molar-refractivity contribution in [1.82, 2.24) is 5.43 Å². The highest BCUT2D eigenvalue weighted by Gasteiger charge is 2.10. The number of hydrazine groups is 1. The molecule has 0 bridgehead atoms. The predicted molar refractivity (Wildman–Crippen MR) is 43.5 cm³/mol. The molecule has 0 aromatic rings. The number of ether oxygens (including phenoxy) is 1. The van der Waals surface area contributed by atoms with E-state index in [0.717, 1.165) is 0 Å². The molecule has 0 rings (SSSR count). The molecule has 0 saturated carbocycles. The summed E-state index contributed by atoms with van der Waals surface area (Å²) in [4.78, 5) is 20.6. The third kappa shape index (κ3) is 5.88. The molecule has 0 radical (unpaired) electrons. The molecule has 0 aromatic carbocycles. The molecule has 7 nitrogen and oxygen atoms in total. The van der Waals surface area contributed by atoms with Gasteiger partial charge in [-0.1, -0.05) is 0 Å². The summed E-state index contributed by atoms with van der Waals surface area (Å²) in [6.45, 7) is 0.101. The summed E-state index contributed by atoms with van der Waals surface area (Å²) in [5, 5.41) is 8.37. The van der Waals surface area contributed by atoms with Gasteiger partial charge in [-0.05, 0) is 12.8 Å². The number of carboxylic acids is 1. The van der Waals surface area contributed by atoms with Crippen LogP contribution in [0.1, 0.15) is 12.8 Å². The molecule has 1 atom stereocenters. The van der Waals surface area contributed by atoms with E-state index in [2.05, 4.69) is 4.74 Å². The topological polar surface area (TPSA) is 128 Å². The van der Waals surface area contributed by atoms with E-state index in [0.29, 0.717) is 6.42 Å². The van der Waals surface area contributed by atoms with Gasteiger partial charge in [0, 0.05) is 0 Å². The largest absolute Gasteiger partial charge is 0.480 e. The maximum absolute atomic E-state index is 10.4. The number of hydrogen-bond donors (Lipinski definition) is 4. The predicted octanol–water partition coefficient (Wildman–Crippen LogP) is -1.22. The fraction of sp³-hybridized carbons (Fsp3) is 0.667. The molecule has 0 aliphatic rings. The fourth-order valence-corrected chi connectivity index (χ4v) is 0.633. The Morgan fingerprint density at radius 2 is 2.15 bits per heavy atom. The Bertz CT molecular complexity index is 185. The number of carbonyl (C=O) groups is 2. The zero-order valence-electron chi connectivity index (χ0n) is 7.03. The summed E-state index contributed by atoms with van der Waals surface area (Å²) in [7, 11) is 0. The first-order valence-electron chi connectivity index (χ1n) is 3.69. The smallest absolute Gasteiger partial charge is 0.421 e. The molecule has 0 aliphatic carbocycles. The van der Waals surface area contributed by atoms with E-state index in [-0.39, 0.29) is 13.0 Å². The van der Waals surface area contributed by atoms with Gasteiger partial charge in [0.1, 0.15) is 6.04 Å². The number of nitrogens with one attached hydrogen (secondary N) is 1. The molecule has 0 fully saturated rings. The van der Waals surface area contributed by atoms with Crippen LogP contribution in [0, 0.1) is 0 Å². The molecular weight excluding hydrogens is 178 g/mol. The minimum atomic E-state index is -1.07. The van der Waals surface area contributed by atoms with Crippen molar-refractivity contribution in [1.29, 1.82) is 0 Å². The van der Waals surface area contributed by atoms with Crippen molar-refractivity contribution in [2.75, 3.05) is 6.61 Å². The van der Waals surface area contributed by atoms with Crippen LogP contribution in [0.3, 0.4) is 0 Å². The summed E-state index contributed by atoms with van der Waals surface area (Å²) in [6, 6.07) is -0.912. The van der Waals surface area contributed by atoms with Crippen LogP contribution < -0.4 is 17.0 Å². The first kappa shape index (κ1) is 11.7. The number of carboxylic acid groups (broad SMARTS) is 1. The van der Waals surface area contributed by atoms with Crippen LogP contribution in [0.4, 0.5) is 4.79 Å². The molecule has 0 aliphatic heterocycles. The molecule has 0 heterocycles. The van der Waals surface area contributed by atoms with Crippen LogP contribution >= 0.6 is 0 Å². The van der Waals surface area contributed by atoms with E-state index >= 15 is 0 Å². The zero-order valence-corrected chi connectivity index (χ0v) is 7.03. The summed E-state index contributed by atoms with van der Waals surface area (Å²) in [5.74, 6) is 3.65. The summed E-state index contributed by atoms with van der Waals surface area (Å²) < 4.78 is 4.50. The first-order valence-corrected chi connectivity index (χ1v) is 3.69. The van der Waals surface area contributed by atoms with Gasteiger partial charge in [0.15, 0.2) is 0 Å². The number of nitrogens with two attached hydrogens (primary N) is 2. The number of aliphatic carboxylic acids is 1. The number of hydrogen-bond acceptors (Lipinski definition) is 5. The Balaban J connectivity index is 3.35. The van der Waals surface area contributed by atoms with Gasteiger partial charge in [-0.15, -0.1) is 0 Å². The van der Waals surface area contributed by atoms with Gasteiger partial charge in [0.2, 0.25) is 0 Å². The Hall–Kier alpha value is -1.34. The minimum Gasteiger partial charge on any atom is -0.480 e. The highest BCUT2D eigenvalue weighted by atomic mass is 16.5. The lowest BCUT2D eigenvalue weighted by Gasteiger charge is -2.06. The van der Waals surface area contributed by atoms with Crippen LogP contribution in [0.15, 0.2) is 0 Å².